The second kappa shape index (κ2) is 5.56. The number of nitrogens with two attached hydrogens (primary N) is 1. The first-order chi connectivity index (χ1) is 8.58. The number of nitrogens with zero attached hydrogens (tertiary/aromatic N) is 1. The third kappa shape index (κ3) is 2.93. The number of nitrogens with one attached hydrogen (secondary N) is 2. The molecule has 6 heteroatoms. The SMILES string of the molecule is CC(C)NC(=O)c1c(N)nsc1NCC1CCC1. The van der Waals surface area contributed by atoms with Crippen molar-refractivity contribution in [2.24, 2.45) is 5.92 Å². The van der Waals surface area contributed by atoms with Gasteiger partial charge in [0, 0.05) is 12.6 Å². The molecule has 0 saturated heterocycles. The Labute approximate surface area is 111 Å². The predicted octanol–water partition coefficient (Wildman–Crippen LogP) is 2.08. The maximum absolute atomic E-state index is 12.0. The van der Waals surface area contributed by atoms with Gasteiger partial charge in [-0.3, -0.25) is 4.79 Å². The molecule has 0 bridgehead atoms. The highest BCUT2D eigenvalue weighted by atomic mass is 32.1. The van der Waals surface area contributed by atoms with E-state index in [2.05, 4.69) is 15.0 Å². The number of carbonyl (C=O) groups excluding carboxylic acids is 1. The van der Waals surface area contributed by atoms with Gasteiger partial charge in [0.25, 0.3) is 5.91 Å². The highest BCUT2D eigenvalue weighted by Gasteiger charge is 2.22. The first kappa shape index (κ1) is 13.1. The van der Waals surface area contributed by atoms with Gasteiger partial charge in [0.05, 0.1) is 0 Å². The molecule has 18 heavy (non-hydrogen) atoms. The van der Waals surface area contributed by atoms with E-state index in [1.165, 1.54) is 30.8 Å². The zero-order valence-corrected chi connectivity index (χ0v) is 11.6. The minimum absolute atomic E-state index is 0.0938. The summed E-state index contributed by atoms with van der Waals surface area (Å²) >= 11 is 1.26. The number of hydrogen-bond donors (Lipinski definition) is 3. The quantitative estimate of drug-likeness (QED) is 0.763. The molecule has 1 aromatic heterocycles. The van der Waals surface area contributed by atoms with E-state index < -0.39 is 0 Å². The van der Waals surface area contributed by atoms with Crippen molar-refractivity contribution in [3.8, 4) is 0 Å². The van der Waals surface area contributed by atoms with Crippen molar-refractivity contribution >= 4 is 28.3 Å². The fraction of sp³-hybridized carbons (Fsp3) is 0.667. The van der Waals surface area contributed by atoms with Crippen LogP contribution in [-0.2, 0) is 0 Å². The van der Waals surface area contributed by atoms with Crippen molar-refractivity contribution in [1.82, 2.24) is 9.69 Å². The van der Waals surface area contributed by atoms with Gasteiger partial charge in [-0.2, -0.15) is 4.37 Å². The Kier molecular flexibility index (Phi) is 4.06. The first-order valence-electron chi connectivity index (χ1n) is 6.37. The summed E-state index contributed by atoms with van der Waals surface area (Å²) < 4.78 is 4.06. The minimum atomic E-state index is -0.146. The highest BCUT2D eigenvalue weighted by molar-refractivity contribution is 7.11. The van der Waals surface area contributed by atoms with Crippen LogP contribution >= 0.6 is 11.5 Å². The maximum atomic E-state index is 12.0. The van der Waals surface area contributed by atoms with Gasteiger partial charge in [0.1, 0.15) is 10.6 Å². The number of aromatic nitrogens is 1. The number of anilines is 2. The number of amides is 1. The Morgan fingerprint density at radius 1 is 1.56 bits per heavy atom. The lowest BCUT2D eigenvalue weighted by atomic mass is 9.85. The first-order valence-corrected chi connectivity index (χ1v) is 7.15. The van der Waals surface area contributed by atoms with Crippen molar-refractivity contribution in [3.05, 3.63) is 5.56 Å². The Balaban J connectivity index is 2.03. The molecule has 0 unspecified atom stereocenters. The van der Waals surface area contributed by atoms with E-state index in [-0.39, 0.29) is 11.9 Å². The summed E-state index contributed by atoms with van der Waals surface area (Å²) in [7, 11) is 0. The largest absolute Gasteiger partial charge is 0.382 e. The smallest absolute Gasteiger partial charge is 0.258 e. The zero-order chi connectivity index (χ0) is 13.1. The molecule has 1 amide bonds. The van der Waals surface area contributed by atoms with Crippen LogP contribution in [0.15, 0.2) is 0 Å². The second-order valence-electron chi connectivity index (χ2n) is 5.08. The van der Waals surface area contributed by atoms with Crippen molar-refractivity contribution in [2.75, 3.05) is 17.6 Å². The lowest BCUT2D eigenvalue weighted by molar-refractivity contribution is 0.0945. The second-order valence-corrected chi connectivity index (χ2v) is 5.85. The number of rotatable bonds is 5. The lowest BCUT2D eigenvalue weighted by Gasteiger charge is -2.25. The fourth-order valence-electron chi connectivity index (χ4n) is 1.91. The maximum Gasteiger partial charge on any atom is 0.258 e. The Hall–Kier alpha value is -1.30. The molecule has 1 heterocycles. The van der Waals surface area contributed by atoms with E-state index in [1.54, 1.807) is 0 Å². The summed E-state index contributed by atoms with van der Waals surface area (Å²) in [6.07, 6.45) is 3.86. The van der Waals surface area contributed by atoms with E-state index in [1.807, 2.05) is 13.8 Å². The van der Waals surface area contributed by atoms with Crippen molar-refractivity contribution in [1.29, 1.82) is 0 Å². The van der Waals surface area contributed by atoms with Gasteiger partial charge in [0.15, 0.2) is 5.82 Å². The predicted molar refractivity (Wildman–Crippen MR) is 75.0 cm³/mol. The van der Waals surface area contributed by atoms with Crippen LogP contribution in [0.1, 0.15) is 43.5 Å². The summed E-state index contributed by atoms with van der Waals surface area (Å²) in [4.78, 5) is 12.0. The highest BCUT2D eigenvalue weighted by Crippen LogP contribution is 2.30. The average molecular weight is 268 g/mol. The third-order valence-corrected chi connectivity index (χ3v) is 3.96. The molecule has 4 N–H and O–H groups in total. The molecule has 1 aromatic rings. The van der Waals surface area contributed by atoms with Gasteiger partial charge in [-0.15, -0.1) is 0 Å². The van der Waals surface area contributed by atoms with Gasteiger partial charge in [0.2, 0.25) is 0 Å². The molecular weight excluding hydrogens is 248 g/mol. The molecule has 5 nitrogen and oxygen atoms in total. The summed E-state index contributed by atoms with van der Waals surface area (Å²) in [5.41, 5.74) is 6.26. The molecular formula is C12H20N4OS. The molecule has 0 atom stereocenters. The summed E-state index contributed by atoms with van der Waals surface area (Å²) in [5.74, 6) is 0.899. The minimum Gasteiger partial charge on any atom is -0.382 e. The van der Waals surface area contributed by atoms with Gasteiger partial charge >= 0.3 is 0 Å². The average Bonchev–Trinajstić information content (AvgIpc) is 2.56. The van der Waals surface area contributed by atoms with Gasteiger partial charge in [-0.25, -0.2) is 0 Å². The fourth-order valence-corrected chi connectivity index (χ4v) is 2.63. The molecule has 2 rings (SSSR count). The topological polar surface area (TPSA) is 80.0 Å². The molecule has 1 aliphatic rings. The monoisotopic (exact) mass is 268 g/mol. The van der Waals surface area contributed by atoms with Crippen molar-refractivity contribution in [2.45, 2.75) is 39.2 Å². The third-order valence-electron chi connectivity index (χ3n) is 3.14. The standard InChI is InChI=1S/C12H20N4OS/c1-7(2)15-11(17)9-10(13)16-18-12(9)14-6-8-4-3-5-8/h7-8,14H,3-6H2,1-2H3,(H2,13,16)(H,15,17). The Bertz CT molecular complexity index is 426. The van der Waals surface area contributed by atoms with E-state index in [0.29, 0.717) is 11.4 Å². The molecule has 1 saturated carbocycles. The van der Waals surface area contributed by atoms with Crippen LogP contribution in [0, 0.1) is 5.92 Å². The molecule has 1 fully saturated rings. The zero-order valence-electron chi connectivity index (χ0n) is 10.8. The van der Waals surface area contributed by atoms with E-state index in [0.717, 1.165) is 17.5 Å². The van der Waals surface area contributed by atoms with Crippen LogP contribution in [0.4, 0.5) is 10.8 Å². The normalized spacial score (nSPS) is 15.5. The molecule has 0 aromatic carbocycles. The molecule has 100 valence electrons. The summed E-state index contributed by atoms with van der Waals surface area (Å²) in [6.45, 7) is 4.76. The van der Waals surface area contributed by atoms with Crippen LogP contribution < -0.4 is 16.4 Å². The van der Waals surface area contributed by atoms with Crippen molar-refractivity contribution in [3.63, 3.8) is 0 Å². The Morgan fingerprint density at radius 3 is 2.83 bits per heavy atom. The molecule has 1 aliphatic carbocycles. The van der Waals surface area contributed by atoms with E-state index >= 15 is 0 Å². The van der Waals surface area contributed by atoms with Crippen LogP contribution in [0.2, 0.25) is 0 Å². The van der Waals surface area contributed by atoms with Crippen molar-refractivity contribution < 1.29 is 4.79 Å². The van der Waals surface area contributed by atoms with Gasteiger partial charge < -0.3 is 16.4 Å². The lowest BCUT2D eigenvalue weighted by Crippen LogP contribution is -2.31. The molecule has 0 spiro atoms. The van der Waals surface area contributed by atoms with Gasteiger partial charge in [-0.1, -0.05) is 6.42 Å². The van der Waals surface area contributed by atoms with E-state index in [4.69, 9.17) is 5.73 Å². The number of carbonyl (C=O) groups is 1. The molecule has 0 aliphatic heterocycles. The van der Waals surface area contributed by atoms with Crippen LogP contribution in [0.25, 0.3) is 0 Å². The Morgan fingerprint density at radius 2 is 2.28 bits per heavy atom. The van der Waals surface area contributed by atoms with Crippen LogP contribution in [0.5, 0.6) is 0 Å². The summed E-state index contributed by atoms with van der Waals surface area (Å²) in [6, 6.07) is 0.0938. The van der Waals surface area contributed by atoms with Gasteiger partial charge in [-0.05, 0) is 44.1 Å². The molecule has 0 radical (unpaired) electrons. The van der Waals surface area contributed by atoms with E-state index in [9.17, 15) is 4.79 Å². The van der Waals surface area contributed by atoms with Crippen LogP contribution in [0.3, 0.4) is 0 Å². The number of hydrogen-bond acceptors (Lipinski definition) is 5. The number of nitrogen functional groups attached to an aromatic ring is 1. The summed E-state index contributed by atoms with van der Waals surface area (Å²) in [5, 5.41) is 6.94. The van der Waals surface area contributed by atoms with Crippen LogP contribution in [-0.4, -0.2) is 22.9 Å².